The van der Waals surface area contributed by atoms with Crippen LogP contribution in [-0.2, 0) is 6.42 Å². The summed E-state index contributed by atoms with van der Waals surface area (Å²) in [6.07, 6.45) is 14.6. The lowest BCUT2D eigenvalue weighted by atomic mass is 9.92. The highest BCUT2D eigenvalue weighted by molar-refractivity contribution is 6.18. The van der Waals surface area contributed by atoms with E-state index in [1.165, 1.54) is 11.1 Å². The lowest BCUT2D eigenvalue weighted by Crippen LogP contribution is -2.18. The number of aromatic nitrogens is 3. The molecule has 1 unspecified atom stereocenters. The number of allylic oxidation sites excluding steroid dienone is 5. The molecule has 0 saturated heterocycles. The summed E-state index contributed by atoms with van der Waals surface area (Å²) < 4.78 is 2.00. The molecule has 0 saturated carbocycles. The summed E-state index contributed by atoms with van der Waals surface area (Å²) in [7, 11) is 0. The first-order valence-corrected chi connectivity index (χ1v) is 15.6. The van der Waals surface area contributed by atoms with Gasteiger partial charge in [-0.15, -0.1) is 18.2 Å². The molecule has 40 heavy (non-hydrogen) atoms. The molecule has 0 amide bonds. The normalized spacial score (nSPS) is 13.3. The Morgan fingerprint density at radius 3 is 2.45 bits per heavy atom. The highest BCUT2D eigenvalue weighted by atomic mass is 35.5. The molecule has 3 aromatic rings. The van der Waals surface area contributed by atoms with E-state index in [0.29, 0.717) is 11.8 Å². The number of rotatable bonds is 11. The third-order valence-corrected chi connectivity index (χ3v) is 6.34. The fraction of sp³-hybridized carbons (Fsp3) is 0.471. The Bertz CT molecular complexity index is 1180. The van der Waals surface area contributed by atoms with Crippen LogP contribution in [0.5, 0.6) is 0 Å². The summed E-state index contributed by atoms with van der Waals surface area (Å²) in [5, 5.41) is 11.9. The molecule has 2 aromatic heterocycles. The van der Waals surface area contributed by atoms with Crippen LogP contribution in [0.2, 0.25) is 0 Å². The summed E-state index contributed by atoms with van der Waals surface area (Å²) in [6.45, 7) is 20.3. The van der Waals surface area contributed by atoms with Crippen molar-refractivity contribution in [1.82, 2.24) is 19.9 Å². The van der Waals surface area contributed by atoms with Crippen LogP contribution in [0.15, 0.2) is 67.3 Å². The summed E-state index contributed by atoms with van der Waals surface area (Å²) in [6, 6.07) is 10.8. The Hall–Kier alpha value is -2.89. The van der Waals surface area contributed by atoms with Crippen LogP contribution in [0.1, 0.15) is 83.5 Å². The Morgan fingerprint density at radius 1 is 1.07 bits per heavy atom. The van der Waals surface area contributed by atoms with E-state index in [1.54, 1.807) is 6.08 Å². The Kier molecular flexibility index (Phi) is 18.4. The number of nitrogens with zero attached hydrogens (tertiary/aromatic N) is 3. The van der Waals surface area contributed by atoms with Gasteiger partial charge in [0.1, 0.15) is 5.82 Å². The fourth-order valence-electron chi connectivity index (χ4n) is 4.38. The highest BCUT2D eigenvalue weighted by Crippen LogP contribution is 2.33. The van der Waals surface area contributed by atoms with Crippen LogP contribution in [0.3, 0.4) is 0 Å². The minimum Gasteiger partial charge on any atom is -0.370 e. The van der Waals surface area contributed by atoms with Gasteiger partial charge in [-0.2, -0.15) is 9.61 Å². The van der Waals surface area contributed by atoms with Gasteiger partial charge >= 0.3 is 0 Å². The van der Waals surface area contributed by atoms with E-state index in [1.807, 2.05) is 39.1 Å². The number of aryl methyl sites for hydroxylation is 2. The van der Waals surface area contributed by atoms with E-state index in [4.69, 9.17) is 21.7 Å². The second-order valence-electron chi connectivity index (χ2n) is 8.95. The van der Waals surface area contributed by atoms with Crippen molar-refractivity contribution in [2.24, 2.45) is 0 Å². The zero-order valence-corrected chi connectivity index (χ0v) is 26.7. The molecule has 6 heteroatoms. The van der Waals surface area contributed by atoms with Gasteiger partial charge < -0.3 is 10.6 Å². The zero-order valence-electron chi connectivity index (χ0n) is 25.9. The summed E-state index contributed by atoms with van der Waals surface area (Å²) in [5.74, 6) is 1.95. The number of unbranched alkanes of at least 4 members (excludes halogenated alkanes) is 1. The van der Waals surface area contributed by atoms with Gasteiger partial charge in [-0.3, -0.25) is 0 Å². The SMILES string of the molecule is C=CC.CC.CC.CCc1cccc(-c2cc(NCCCCNCCCl)n3nc(C)c(C4C=CC=CC4)c3n2)c1. The summed E-state index contributed by atoms with van der Waals surface area (Å²) in [4.78, 5) is 5.14. The van der Waals surface area contributed by atoms with Gasteiger partial charge in [0.25, 0.3) is 0 Å². The largest absolute Gasteiger partial charge is 0.370 e. The molecule has 0 fully saturated rings. The van der Waals surface area contributed by atoms with Gasteiger partial charge in [-0.25, -0.2) is 4.98 Å². The monoisotopic (exact) mass is 565 g/mol. The molecule has 4 rings (SSSR count). The molecule has 220 valence electrons. The Morgan fingerprint density at radius 2 is 1.80 bits per heavy atom. The van der Waals surface area contributed by atoms with Crippen LogP contribution in [0.25, 0.3) is 16.9 Å². The van der Waals surface area contributed by atoms with Gasteiger partial charge in [0.05, 0.1) is 11.4 Å². The van der Waals surface area contributed by atoms with E-state index in [9.17, 15) is 0 Å². The first-order valence-electron chi connectivity index (χ1n) is 15.0. The number of anilines is 1. The first-order chi connectivity index (χ1) is 19.6. The Labute approximate surface area is 248 Å². The predicted molar refractivity (Wildman–Crippen MR) is 178 cm³/mol. The number of fused-ring (bicyclic) bond motifs is 1. The maximum Gasteiger partial charge on any atom is 0.162 e. The molecular weight excluding hydrogens is 514 g/mol. The molecular formula is C34H52ClN5. The van der Waals surface area contributed by atoms with Gasteiger partial charge in [-0.05, 0) is 57.7 Å². The van der Waals surface area contributed by atoms with Gasteiger partial charge in [0.2, 0.25) is 0 Å². The average Bonchev–Trinajstić information content (AvgIpc) is 3.35. The van der Waals surface area contributed by atoms with Crippen molar-refractivity contribution < 1.29 is 0 Å². The molecule has 1 aliphatic carbocycles. The van der Waals surface area contributed by atoms with Crippen molar-refractivity contribution in [3.63, 3.8) is 0 Å². The van der Waals surface area contributed by atoms with E-state index < -0.39 is 0 Å². The second kappa shape index (κ2) is 20.9. The van der Waals surface area contributed by atoms with Crippen molar-refractivity contribution in [3.05, 3.63) is 84.1 Å². The molecule has 0 aliphatic heterocycles. The lowest BCUT2D eigenvalue weighted by Gasteiger charge is -2.15. The standard InChI is InChI=1S/C27H34ClN5.C3H6.2C2H6/c1-3-21-10-9-13-23(18-21)24-19-25(30-16-8-7-15-29-17-14-28)33-27(31-24)26(20(2)32-33)22-11-5-4-6-12-22;1-3-2;2*1-2/h4-6,9-11,13,18-19,22,29-30H,3,7-8,12,14-17H2,1-2H3;3H,1H2,2H3;2*1-2H3. The maximum absolute atomic E-state index is 5.73. The zero-order chi connectivity index (χ0) is 29.8. The van der Waals surface area contributed by atoms with Crippen molar-refractivity contribution in [2.45, 2.75) is 80.1 Å². The highest BCUT2D eigenvalue weighted by Gasteiger charge is 2.21. The lowest BCUT2D eigenvalue weighted by molar-refractivity contribution is 0.653. The van der Waals surface area contributed by atoms with Crippen LogP contribution < -0.4 is 10.6 Å². The second-order valence-corrected chi connectivity index (χ2v) is 9.33. The van der Waals surface area contributed by atoms with Crippen LogP contribution in [-0.4, -0.2) is 40.1 Å². The first kappa shape index (κ1) is 35.1. The topological polar surface area (TPSA) is 54.2 Å². The van der Waals surface area contributed by atoms with Crippen molar-refractivity contribution in [2.75, 3.05) is 30.8 Å². The minimum absolute atomic E-state index is 0.304. The van der Waals surface area contributed by atoms with Gasteiger partial charge in [-0.1, -0.05) is 83.2 Å². The molecule has 2 heterocycles. The molecule has 5 nitrogen and oxygen atoms in total. The third kappa shape index (κ3) is 10.6. The van der Waals surface area contributed by atoms with Crippen molar-refractivity contribution in [1.29, 1.82) is 0 Å². The number of hydrogen-bond donors (Lipinski definition) is 2. The van der Waals surface area contributed by atoms with E-state index in [-0.39, 0.29) is 0 Å². The minimum atomic E-state index is 0.304. The van der Waals surface area contributed by atoms with Crippen LogP contribution in [0.4, 0.5) is 5.82 Å². The van der Waals surface area contributed by atoms with E-state index in [2.05, 4.69) is 85.7 Å². The molecule has 0 spiro atoms. The van der Waals surface area contributed by atoms with E-state index in [0.717, 1.165) is 73.7 Å². The summed E-state index contributed by atoms with van der Waals surface area (Å²) in [5.41, 5.74) is 6.66. The molecule has 0 radical (unpaired) electrons. The van der Waals surface area contributed by atoms with Gasteiger partial charge in [0, 0.05) is 42.1 Å². The fourth-order valence-corrected chi connectivity index (χ4v) is 4.51. The number of alkyl halides is 1. The van der Waals surface area contributed by atoms with Crippen molar-refractivity contribution >= 4 is 23.1 Å². The molecule has 1 aromatic carbocycles. The number of halogens is 1. The van der Waals surface area contributed by atoms with Crippen molar-refractivity contribution in [3.8, 4) is 11.3 Å². The average molecular weight is 566 g/mol. The molecule has 0 bridgehead atoms. The maximum atomic E-state index is 5.73. The quantitative estimate of drug-likeness (QED) is 0.138. The van der Waals surface area contributed by atoms with Crippen LogP contribution in [0, 0.1) is 6.92 Å². The third-order valence-electron chi connectivity index (χ3n) is 6.15. The predicted octanol–water partition coefficient (Wildman–Crippen LogP) is 9.13. The number of benzene rings is 1. The van der Waals surface area contributed by atoms with Crippen LogP contribution >= 0.6 is 11.6 Å². The van der Waals surface area contributed by atoms with Gasteiger partial charge in [0.15, 0.2) is 5.65 Å². The van der Waals surface area contributed by atoms with E-state index >= 15 is 0 Å². The number of hydrogen-bond acceptors (Lipinski definition) is 4. The molecule has 1 aliphatic rings. The molecule has 2 N–H and O–H groups in total. The number of nitrogens with one attached hydrogen (secondary N) is 2. The Balaban J connectivity index is 0.00000105. The summed E-state index contributed by atoms with van der Waals surface area (Å²) >= 11 is 5.73. The smallest absolute Gasteiger partial charge is 0.162 e. The molecule has 1 atom stereocenters.